The summed E-state index contributed by atoms with van der Waals surface area (Å²) in [7, 11) is 0. The Morgan fingerprint density at radius 1 is 1.16 bits per heavy atom. The maximum Gasteiger partial charge on any atom is 0.254 e. The van der Waals surface area contributed by atoms with E-state index in [9.17, 15) is 9.90 Å². The second-order valence-electron chi connectivity index (χ2n) is 6.41. The van der Waals surface area contributed by atoms with Gasteiger partial charge < -0.3 is 14.7 Å². The van der Waals surface area contributed by atoms with Crippen LogP contribution >= 0.6 is 0 Å². The van der Waals surface area contributed by atoms with E-state index in [-0.39, 0.29) is 11.9 Å². The van der Waals surface area contributed by atoms with Crippen LogP contribution in [0, 0.1) is 0 Å². The first kappa shape index (κ1) is 16.2. The third-order valence-corrected chi connectivity index (χ3v) is 4.87. The van der Waals surface area contributed by atoms with Crippen LogP contribution in [0.1, 0.15) is 10.4 Å². The van der Waals surface area contributed by atoms with Gasteiger partial charge >= 0.3 is 0 Å². The van der Waals surface area contributed by atoms with Crippen LogP contribution in [-0.4, -0.2) is 87.1 Å². The number of amides is 1. The van der Waals surface area contributed by atoms with E-state index in [1.165, 1.54) is 0 Å². The maximum absolute atomic E-state index is 12.9. The van der Waals surface area contributed by atoms with Gasteiger partial charge in [-0.2, -0.15) is 0 Å². The van der Waals surface area contributed by atoms with Gasteiger partial charge in [-0.25, -0.2) is 0 Å². The van der Waals surface area contributed by atoms with E-state index >= 15 is 0 Å². The topological polar surface area (TPSA) is 83.7 Å². The highest BCUT2D eigenvalue weighted by molar-refractivity contribution is 5.95. The summed E-state index contributed by atoms with van der Waals surface area (Å²) < 4.78 is 7.13. The zero-order valence-electron chi connectivity index (χ0n) is 13.9. The Balaban J connectivity index is 1.49. The molecule has 3 heterocycles. The number of nitrogens with zero attached hydrogens (tertiary/aromatic N) is 5. The molecule has 1 aromatic carbocycles. The van der Waals surface area contributed by atoms with Crippen LogP contribution in [0.3, 0.4) is 0 Å². The van der Waals surface area contributed by atoms with Gasteiger partial charge in [-0.3, -0.25) is 14.3 Å². The Morgan fingerprint density at radius 3 is 2.68 bits per heavy atom. The van der Waals surface area contributed by atoms with Crippen molar-refractivity contribution >= 4 is 5.91 Å². The van der Waals surface area contributed by atoms with Crippen molar-refractivity contribution in [1.82, 2.24) is 24.6 Å². The summed E-state index contributed by atoms with van der Waals surface area (Å²) in [6.07, 6.45) is 2.66. The molecule has 2 saturated heterocycles. The van der Waals surface area contributed by atoms with Crippen LogP contribution < -0.4 is 0 Å². The lowest BCUT2D eigenvalue weighted by Crippen LogP contribution is -2.49. The third kappa shape index (κ3) is 3.28. The minimum atomic E-state index is -0.525. The number of hydrogen-bond acceptors (Lipinski definition) is 6. The van der Waals surface area contributed by atoms with Gasteiger partial charge in [0, 0.05) is 37.4 Å². The molecular weight excluding hydrogens is 322 g/mol. The van der Waals surface area contributed by atoms with Gasteiger partial charge in [0.1, 0.15) is 12.7 Å². The van der Waals surface area contributed by atoms with E-state index in [0.29, 0.717) is 31.9 Å². The molecular formula is C17H21N5O3. The summed E-state index contributed by atoms with van der Waals surface area (Å²) in [6, 6.07) is 7.34. The van der Waals surface area contributed by atoms with Crippen LogP contribution in [0.25, 0.3) is 5.69 Å². The van der Waals surface area contributed by atoms with Crippen molar-refractivity contribution in [2.24, 2.45) is 0 Å². The Morgan fingerprint density at radius 2 is 1.92 bits per heavy atom. The van der Waals surface area contributed by atoms with E-state index in [1.807, 2.05) is 18.2 Å². The highest BCUT2D eigenvalue weighted by atomic mass is 16.5. The molecule has 2 fully saturated rings. The van der Waals surface area contributed by atoms with E-state index in [1.54, 1.807) is 28.2 Å². The second kappa shape index (κ2) is 6.91. The Kier molecular flexibility index (Phi) is 4.48. The molecule has 0 spiro atoms. The molecule has 4 rings (SSSR count). The fourth-order valence-electron chi connectivity index (χ4n) is 3.52. The molecule has 1 amide bonds. The lowest BCUT2D eigenvalue weighted by molar-refractivity contribution is -0.00611. The Hall–Kier alpha value is -2.29. The summed E-state index contributed by atoms with van der Waals surface area (Å²) in [6.45, 7) is 3.85. The number of benzene rings is 1. The van der Waals surface area contributed by atoms with E-state index < -0.39 is 6.10 Å². The monoisotopic (exact) mass is 343 g/mol. The van der Waals surface area contributed by atoms with Crippen LogP contribution in [0.5, 0.6) is 0 Å². The number of carbonyl (C=O) groups is 1. The number of morpholine rings is 1. The molecule has 2 atom stereocenters. The number of aromatic nitrogens is 3. The number of ether oxygens (including phenoxy) is 1. The molecule has 132 valence electrons. The molecule has 0 aliphatic carbocycles. The maximum atomic E-state index is 12.9. The molecule has 8 nitrogen and oxygen atoms in total. The van der Waals surface area contributed by atoms with Crippen molar-refractivity contribution in [3.63, 3.8) is 0 Å². The predicted molar refractivity (Wildman–Crippen MR) is 89.4 cm³/mol. The molecule has 2 aliphatic heterocycles. The van der Waals surface area contributed by atoms with Crippen molar-refractivity contribution < 1.29 is 14.6 Å². The fourth-order valence-corrected chi connectivity index (χ4v) is 3.52. The van der Waals surface area contributed by atoms with Crippen LogP contribution in [-0.2, 0) is 4.74 Å². The van der Waals surface area contributed by atoms with Crippen LogP contribution in [0.15, 0.2) is 36.9 Å². The first-order valence-electron chi connectivity index (χ1n) is 8.46. The lowest BCUT2D eigenvalue weighted by atomic mass is 10.1. The molecule has 1 aromatic heterocycles. The van der Waals surface area contributed by atoms with Crippen LogP contribution in [0.4, 0.5) is 0 Å². The molecule has 0 radical (unpaired) electrons. The molecule has 2 aromatic rings. The number of β-amino-alcohol motifs (C(OH)–C–C–N with tert-alkyl or cyclic N) is 1. The third-order valence-electron chi connectivity index (χ3n) is 4.87. The number of hydrogen-bond donors (Lipinski definition) is 1. The summed E-state index contributed by atoms with van der Waals surface area (Å²) in [4.78, 5) is 16.8. The molecule has 2 aliphatic rings. The number of likely N-dealkylation sites (tertiary alicyclic amines) is 1. The number of rotatable bonds is 3. The standard InChI is InChI=1S/C17H21N5O3/c23-16-10-21(9-15(16)20-4-6-25-7-5-20)17(24)13-2-1-3-14(8-13)22-11-18-19-12-22/h1-3,8,11-12,15-16,23H,4-7,9-10H2/t15-,16-/m1/s1. The van der Waals surface area contributed by atoms with Crippen molar-refractivity contribution in [2.45, 2.75) is 12.1 Å². The number of carbonyl (C=O) groups excluding carboxylic acids is 1. The number of aliphatic hydroxyl groups is 1. The van der Waals surface area contributed by atoms with Crippen LogP contribution in [0.2, 0.25) is 0 Å². The van der Waals surface area contributed by atoms with E-state index in [4.69, 9.17) is 4.74 Å². The molecule has 0 bridgehead atoms. The summed E-state index contributed by atoms with van der Waals surface area (Å²) in [5, 5.41) is 18.0. The minimum absolute atomic E-state index is 0.0196. The summed E-state index contributed by atoms with van der Waals surface area (Å²) >= 11 is 0. The molecule has 0 unspecified atom stereocenters. The summed E-state index contributed by atoms with van der Waals surface area (Å²) in [5.74, 6) is -0.0651. The highest BCUT2D eigenvalue weighted by Gasteiger charge is 2.38. The fraction of sp³-hybridized carbons (Fsp3) is 0.471. The van der Waals surface area contributed by atoms with Gasteiger partial charge in [-0.15, -0.1) is 10.2 Å². The minimum Gasteiger partial charge on any atom is -0.390 e. The quantitative estimate of drug-likeness (QED) is 0.830. The average molecular weight is 343 g/mol. The normalized spacial score (nSPS) is 24.6. The van der Waals surface area contributed by atoms with Crippen molar-refractivity contribution in [3.05, 3.63) is 42.5 Å². The van der Waals surface area contributed by atoms with Gasteiger partial charge in [-0.05, 0) is 18.2 Å². The Bertz CT molecular complexity index is 730. The highest BCUT2D eigenvalue weighted by Crippen LogP contribution is 2.21. The molecule has 0 saturated carbocycles. The molecule has 8 heteroatoms. The largest absolute Gasteiger partial charge is 0.390 e. The zero-order valence-corrected chi connectivity index (χ0v) is 13.9. The van der Waals surface area contributed by atoms with Gasteiger partial charge in [0.05, 0.1) is 25.4 Å². The molecule has 1 N–H and O–H groups in total. The van der Waals surface area contributed by atoms with Crippen molar-refractivity contribution in [2.75, 3.05) is 39.4 Å². The van der Waals surface area contributed by atoms with Crippen molar-refractivity contribution in [3.8, 4) is 5.69 Å². The van der Waals surface area contributed by atoms with E-state index in [0.717, 1.165) is 18.8 Å². The van der Waals surface area contributed by atoms with E-state index in [2.05, 4.69) is 15.1 Å². The second-order valence-corrected chi connectivity index (χ2v) is 6.41. The average Bonchev–Trinajstić information content (AvgIpc) is 3.32. The first-order valence-corrected chi connectivity index (χ1v) is 8.46. The zero-order chi connectivity index (χ0) is 17.2. The van der Waals surface area contributed by atoms with Gasteiger partial charge in [0.15, 0.2) is 0 Å². The number of aliphatic hydroxyl groups excluding tert-OH is 1. The summed E-state index contributed by atoms with van der Waals surface area (Å²) in [5.41, 5.74) is 1.43. The molecule has 25 heavy (non-hydrogen) atoms. The van der Waals surface area contributed by atoms with Gasteiger partial charge in [0.25, 0.3) is 5.91 Å². The SMILES string of the molecule is O=C(c1cccc(-n2cnnc2)c1)N1C[C@@H](O)[C@H](N2CCOCC2)C1. The first-order chi connectivity index (χ1) is 12.2. The lowest BCUT2D eigenvalue weighted by Gasteiger charge is -2.33. The van der Waals surface area contributed by atoms with Crippen molar-refractivity contribution in [1.29, 1.82) is 0 Å². The van der Waals surface area contributed by atoms with Gasteiger partial charge in [-0.1, -0.05) is 6.07 Å². The predicted octanol–water partition coefficient (Wildman–Crippen LogP) is -0.215. The van der Waals surface area contributed by atoms with Gasteiger partial charge in [0.2, 0.25) is 0 Å². The Labute approximate surface area is 145 Å². The smallest absolute Gasteiger partial charge is 0.254 e.